The first kappa shape index (κ1) is 14.5. The summed E-state index contributed by atoms with van der Waals surface area (Å²) >= 11 is 0. The van der Waals surface area contributed by atoms with Crippen molar-refractivity contribution in [3.8, 4) is 0 Å². The predicted molar refractivity (Wildman–Crippen MR) is 80.9 cm³/mol. The number of ether oxygens (including phenoxy) is 1. The lowest BCUT2D eigenvalue weighted by Gasteiger charge is -2.09. The van der Waals surface area contributed by atoms with Gasteiger partial charge >= 0.3 is 0 Å². The van der Waals surface area contributed by atoms with Crippen LogP contribution in [0.15, 0.2) is 30.3 Å². The Morgan fingerprint density at radius 2 is 1.90 bits per heavy atom. The second-order valence-corrected chi connectivity index (χ2v) is 4.79. The molecule has 0 unspecified atom stereocenters. The van der Waals surface area contributed by atoms with Gasteiger partial charge in [-0.05, 0) is 19.4 Å². The maximum atomic E-state index is 5.16. The Hall–Kier alpha value is -1.94. The van der Waals surface area contributed by atoms with E-state index in [0.29, 0.717) is 6.61 Å². The van der Waals surface area contributed by atoms with E-state index in [1.807, 2.05) is 6.07 Å². The van der Waals surface area contributed by atoms with Gasteiger partial charge in [-0.3, -0.25) is 0 Å². The molecule has 1 heterocycles. The lowest BCUT2D eigenvalue weighted by atomic mass is 10.1. The van der Waals surface area contributed by atoms with E-state index >= 15 is 0 Å². The summed E-state index contributed by atoms with van der Waals surface area (Å²) < 4.78 is 5.16. The molecule has 0 spiro atoms. The van der Waals surface area contributed by atoms with Crippen molar-refractivity contribution in [3.63, 3.8) is 0 Å². The van der Waals surface area contributed by atoms with E-state index in [9.17, 15) is 0 Å². The average Bonchev–Trinajstić information content (AvgIpc) is 2.42. The van der Waals surface area contributed by atoms with Crippen molar-refractivity contribution in [1.29, 1.82) is 0 Å². The molecule has 2 rings (SSSR count). The third-order valence-corrected chi connectivity index (χ3v) is 2.96. The van der Waals surface area contributed by atoms with Crippen molar-refractivity contribution >= 4 is 5.82 Å². The largest absolute Gasteiger partial charge is 0.378 e. The van der Waals surface area contributed by atoms with E-state index in [2.05, 4.69) is 53.4 Å². The fourth-order valence-electron chi connectivity index (χ4n) is 2.01. The molecule has 106 valence electrons. The van der Waals surface area contributed by atoms with E-state index in [1.165, 1.54) is 11.1 Å². The lowest BCUT2D eigenvalue weighted by Crippen LogP contribution is -2.07. The van der Waals surface area contributed by atoms with Crippen LogP contribution < -0.4 is 5.32 Å². The van der Waals surface area contributed by atoms with E-state index in [0.717, 1.165) is 30.3 Å². The molecule has 0 saturated carbocycles. The van der Waals surface area contributed by atoms with Gasteiger partial charge in [0, 0.05) is 26.1 Å². The molecule has 0 bridgehead atoms. The molecule has 0 aliphatic rings. The quantitative estimate of drug-likeness (QED) is 0.877. The normalized spacial score (nSPS) is 10.6. The van der Waals surface area contributed by atoms with Crippen molar-refractivity contribution in [2.75, 3.05) is 19.0 Å². The summed E-state index contributed by atoms with van der Waals surface area (Å²) in [5, 5.41) is 3.23. The maximum Gasteiger partial charge on any atom is 0.135 e. The third kappa shape index (κ3) is 4.03. The monoisotopic (exact) mass is 271 g/mol. The number of aryl methyl sites for hydroxylation is 1. The highest BCUT2D eigenvalue weighted by Crippen LogP contribution is 2.12. The molecule has 20 heavy (non-hydrogen) atoms. The van der Waals surface area contributed by atoms with Crippen molar-refractivity contribution in [3.05, 3.63) is 53.0 Å². The van der Waals surface area contributed by atoms with Gasteiger partial charge in [0.25, 0.3) is 0 Å². The summed E-state index contributed by atoms with van der Waals surface area (Å²) in [5.74, 6) is 1.68. The van der Waals surface area contributed by atoms with Gasteiger partial charge in [0.15, 0.2) is 0 Å². The number of hydrogen-bond donors (Lipinski definition) is 1. The maximum absolute atomic E-state index is 5.16. The van der Waals surface area contributed by atoms with Gasteiger partial charge in [-0.2, -0.15) is 0 Å². The van der Waals surface area contributed by atoms with Gasteiger partial charge < -0.3 is 10.1 Å². The third-order valence-electron chi connectivity index (χ3n) is 2.96. The number of nitrogens with zero attached hydrogens (tertiary/aromatic N) is 2. The van der Waals surface area contributed by atoms with Gasteiger partial charge in [0.05, 0.1) is 12.3 Å². The molecular weight excluding hydrogens is 250 g/mol. The topological polar surface area (TPSA) is 47.0 Å². The smallest absolute Gasteiger partial charge is 0.135 e. The second kappa shape index (κ2) is 7.01. The minimum absolute atomic E-state index is 0.502. The zero-order chi connectivity index (χ0) is 14.4. The lowest BCUT2D eigenvalue weighted by molar-refractivity contribution is 0.181. The van der Waals surface area contributed by atoms with Gasteiger partial charge in [-0.15, -0.1) is 0 Å². The van der Waals surface area contributed by atoms with Crippen molar-refractivity contribution in [1.82, 2.24) is 9.97 Å². The molecule has 4 nitrogen and oxygen atoms in total. The van der Waals surface area contributed by atoms with E-state index < -0.39 is 0 Å². The van der Waals surface area contributed by atoms with Crippen LogP contribution in [-0.2, 0) is 17.8 Å². The van der Waals surface area contributed by atoms with E-state index in [1.54, 1.807) is 7.11 Å². The van der Waals surface area contributed by atoms with Gasteiger partial charge in [-0.25, -0.2) is 9.97 Å². The Kier molecular flexibility index (Phi) is 5.07. The molecule has 0 fully saturated rings. The van der Waals surface area contributed by atoms with Crippen LogP contribution in [0.2, 0.25) is 0 Å². The summed E-state index contributed by atoms with van der Waals surface area (Å²) in [4.78, 5) is 9.09. The standard InChI is InChI=1S/C16H21N3O/c1-4-17-15-10-14(11-20-3)18-16(19-15)9-13-7-5-12(2)6-8-13/h5-8,10H,4,9,11H2,1-3H3,(H,17,18,19). The molecule has 1 aromatic carbocycles. The first-order valence-corrected chi connectivity index (χ1v) is 6.86. The highest BCUT2D eigenvalue weighted by molar-refractivity contribution is 5.36. The van der Waals surface area contributed by atoms with Crippen LogP contribution in [0.4, 0.5) is 5.82 Å². The molecule has 1 aromatic heterocycles. The SMILES string of the molecule is CCNc1cc(COC)nc(Cc2ccc(C)cc2)n1. The Morgan fingerprint density at radius 1 is 1.15 bits per heavy atom. The zero-order valence-electron chi connectivity index (χ0n) is 12.3. The fraction of sp³-hybridized carbons (Fsp3) is 0.375. The zero-order valence-corrected chi connectivity index (χ0v) is 12.3. The highest BCUT2D eigenvalue weighted by Gasteiger charge is 2.05. The number of rotatable bonds is 6. The summed E-state index contributed by atoms with van der Waals surface area (Å²) in [6, 6.07) is 10.4. The molecule has 0 saturated heterocycles. The average molecular weight is 271 g/mol. The van der Waals surface area contributed by atoms with Gasteiger partial charge in [-0.1, -0.05) is 29.8 Å². The Bertz CT molecular complexity index is 528. The van der Waals surface area contributed by atoms with E-state index in [-0.39, 0.29) is 0 Å². The van der Waals surface area contributed by atoms with E-state index in [4.69, 9.17) is 4.74 Å². The van der Waals surface area contributed by atoms with Crippen LogP contribution in [0.1, 0.15) is 29.6 Å². The minimum Gasteiger partial charge on any atom is -0.378 e. The molecular formula is C16H21N3O. The van der Waals surface area contributed by atoms with Crippen LogP contribution in [-0.4, -0.2) is 23.6 Å². The Balaban J connectivity index is 2.22. The highest BCUT2D eigenvalue weighted by atomic mass is 16.5. The number of anilines is 1. The summed E-state index contributed by atoms with van der Waals surface area (Å²) in [6.45, 7) is 5.48. The van der Waals surface area contributed by atoms with Crippen LogP contribution >= 0.6 is 0 Å². The van der Waals surface area contributed by atoms with Crippen LogP contribution in [0.5, 0.6) is 0 Å². The van der Waals surface area contributed by atoms with Gasteiger partial charge in [0.2, 0.25) is 0 Å². The van der Waals surface area contributed by atoms with Crippen LogP contribution in [0, 0.1) is 6.92 Å². The minimum atomic E-state index is 0.502. The Morgan fingerprint density at radius 3 is 2.55 bits per heavy atom. The summed E-state index contributed by atoms with van der Waals surface area (Å²) in [7, 11) is 1.68. The first-order chi connectivity index (χ1) is 9.71. The number of methoxy groups -OCH3 is 1. The van der Waals surface area contributed by atoms with Crippen molar-refractivity contribution in [2.24, 2.45) is 0 Å². The summed E-state index contributed by atoms with van der Waals surface area (Å²) in [6.07, 6.45) is 0.732. The summed E-state index contributed by atoms with van der Waals surface area (Å²) in [5.41, 5.74) is 3.38. The molecule has 2 aromatic rings. The number of benzene rings is 1. The Labute approximate surface area is 120 Å². The number of hydrogen-bond acceptors (Lipinski definition) is 4. The molecule has 0 atom stereocenters. The fourth-order valence-corrected chi connectivity index (χ4v) is 2.01. The second-order valence-electron chi connectivity index (χ2n) is 4.79. The first-order valence-electron chi connectivity index (χ1n) is 6.86. The van der Waals surface area contributed by atoms with Crippen molar-refractivity contribution < 1.29 is 4.74 Å². The van der Waals surface area contributed by atoms with Gasteiger partial charge in [0.1, 0.15) is 11.6 Å². The van der Waals surface area contributed by atoms with Crippen molar-refractivity contribution in [2.45, 2.75) is 26.9 Å². The number of aromatic nitrogens is 2. The predicted octanol–water partition coefficient (Wildman–Crippen LogP) is 2.95. The van der Waals surface area contributed by atoms with Crippen LogP contribution in [0.25, 0.3) is 0 Å². The number of nitrogens with one attached hydrogen (secondary N) is 1. The molecule has 0 aliphatic heterocycles. The molecule has 0 aliphatic carbocycles. The molecule has 0 radical (unpaired) electrons. The molecule has 1 N–H and O–H groups in total. The molecule has 0 amide bonds. The van der Waals surface area contributed by atoms with Crippen LogP contribution in [0.3, 0.4) is 0 Å². The molecule has 4 heteroatoms.